The molecule has 7 nitrogen and oxygen atoms in total. The summed E-state index contributed by atoms with van der Waals surface area (Å²) in [5.74, 6) is 0.276. The second-order valence-corrected chi connectivity index (χ2v) is 4.89. The van der Waals surface area contributed by atoms with Crippen molar-refractivity contribution in [1.29, 1.82) is 5.26 Å². The van der Waals surface area contributed by atoms with Crippen LogP contribution in [0.1, 0.15) is 24.8 Å². The van der Waals surface area contributed by atoms with E-state index in [4.69, 9.17) is 10.00 Å². The van der Waals surface area contributed by atoms with Gasteiger partial charge < -0.3 is 10.1 Å². The minimum Gasteiger partial charge on any atom is -0.378 e. The molecule has 7 heteroatoms. The predicted molar refractivity (Wildman–Crippen MR) is 73.7 cm³/mol. The maximum atomic E-state index is 11.9. The zero-order valence-corrected chi connectivity index (χ0v) is 11.7. The molecule has 1 atom stereocenters. The zero-order valence-electron chi connectivity index (χ0n) is 11.7. The van der Waals surface area contributed by atoms with Crippen LogP contribution < -0.4 is 16.6 Å². The maximum Gasteiger partial charge on any atom is 0.332 e. The summed E-state index contributed by atoms with van der Waals surface area (Å²) in [5, 5.41) is 12.1. The van der Waals surface area contributed by atoms with Gasteiger partial charge in [-0.1, -0.05) is 0 Å². The molecular formula is C13H18N4O3. The van der Waals surface area contributed by atoms with Crippen molar-refractivity contribution in [1.82, 2.24) is 9.13 Å². The van der Waals surface area contributed by atoms with Crippen molar-refractivity contribution in [3.63, 3.8) is 0 Å². The van der Waals surface area contributed by atoms with E-state index in [1.54, 1.807) is 0 Å². The van der Waals surface area contributed by atoms with E-state index >= 15 is 0 Å². The summed E-state index contributed by atoms with van der Waals surface area (Å²) in [7, 11) is 2.90. The summed E-state index contributed by atoms with van der Waals surface area (Å²) in [6.45, 7) is 1.35. The quantitative estimate of drug-likeness (QED) is 0.833. The lowest BCUT2D eigenvalue weighted by Crippen LogP contribution is -2.40. The first kappa shape index (κ1) is 14.3. The van der Waals surface area contributed by atoms with Crippen LogP contribution >= 0.6 is 0 Å². The summed E-state index contributed by atoms with van der Waals surface area (Å²) < 4.78 is 7.73. The van der Waals surface area contributed by atoms with E-state index in [1.807, 2.05) is 6.07 Å². The van der Waals surface area contributed by atoms with Gasteiger partial charge in [0.05, 0.1) is 6.10 Å². The molecule has 20 heavy (non-hydrogen) atoms. The van der Waals surface area contributed by atoms with Crippen LogP contribution in [0.4, 0.5) is 5.82 Å². The van der Waals surface area contributed by atoms with E-state index in [-0.39, 0.29) is 17.5 Å². The number of nitriles is 1. The largest absolute Gasteiger partial charge is 0.378 e. The van der Waals surface area contributed by atoms with Crippen molar-refractivity contribution in [2.75, 3.05) is 18.5 Å². The van der Waals surface area contributed by atoms with Gasteiger partial charge in [0.1, 0.15) is 11.9 Å². The number of aromatic nitrogens is 2. The van der Waals surface area contributed by atoms with Crippen molar-refractivity contribution in [2.45, 2.75) is 25.4 Å². The maximum absolute atomic E-state index is 11.9. The Hall–Kier alpha value is -2.07. The Bertz CT molecular complexity index is 647. The Morgan fingerprint density at radius 2 is 2.15 bits per heavy atom. The van der Waals surface area contributed by atoms with E-state index in [0.29, 0.717) is 6.54 Å². The number of ether oxygens (including phenoxy) is 1. The van der Waals surface area contributed by atoms with Crippen LogP contribution in [0.25, 0.3) is 0 Å². The third-order valence-corrected chi connectivity index (χ3v) is 3.56. The Morgan fingerprint density at radius 3 is 2.75 bits per heavy atom. The third kappa shape index (κ3) is 2.60. The molecule has 0 aromatic carbocycles. The molecule has 0 spiro atoms. The molecular weight excluding hydrogens is 260 g/mol. The summed E-state index contributed by atoms with van der Waals surface area (Å²) in [4.78, 5) is 23.7. The summed E-state index contributed by atoms with van der Waals surface area (Å²) in [6, 6.07) is 1.86. The van der Waals surface area contributed by atoms with Crippen molar-refractivity contribution in [3.05, 3.63) is 26.4 Å². The fraction of sp³-hybridized carbons (Fsp3) is 0.615. The van der Waals surface area contributed by atoms with Crippen LogP contribution in [-0.4, -0.2) is 28.4 Å². The first-order chi connectivity index (χ1) is 9.56. The highest BCUT2D eigenvalue weighted by Gasteiger charge is 2.17. The normalized spacial score (nSPS) is 17.9. The zero-order chi connectivity index (χ0) is 14.7. The third-order valence-electron chi connectivity index (χ3n) is 3.56. The highest BCUT2D eigenvalue weighted by atomic mass is 16.5. The van der Waals surface area contributed by atoms with Crippen molar-refractivity contribution in [3.8, 4) is 6.07 Å². The molecule has 1 aromatic heterocycles. The van der Waals surface area contributed by atoms with Crippen LogP contribution in [0.5, 0.6) is 0 Å². The highest BCUT2D eigenvalue weighted by Crippen LogP contribution is 2.15. The summed E-state index contributed by atoms with van der Waals surface area (Å²) in [6.07, 6.45) is 3.10. The molecule has 108 valence electrons. The molecule has 1 N–H and O–H groups in total. The fourth-order valence-electron chi connectivity index (χ4n) is 2.38. The molecule has 0 aliphatic carbocycles. The lowest BCUT2D eigenvalue weighted by Gasteiger charge is -2.15. The van der Waals surface area contributed by atoms with Crippen molar-refractivity contribution in [2.24, 2.45) is 14.1 Å². The monoisotopic (exact) mass is 278 g/mol. The topological polar surface area (TPSA) is 89.1 Å². The van der Waals surface area contributed by atoms with Crippen LogP contribution in [0, 0.1) is 11.3 Å². The molecule has 1 unspecified atom stereocenters. The molecule has 1 aromatic rings. The summed E-state index contributed by atoms with van der Waals surface area (Å²) in [5.41, 5.74) is -1.06. The van der Waals surface area contributed by atoms with E-state index in [2.05, 4.69) is 5.32 Å². The lowest BCUT2D eigenvalue weighted by atomic mass is 10.2. The van der Waals surface area contributed by atoms with Gasteiger partial charge >= 0.3 is 5.69 Å². The molecule has 0 saturated carbocycles. The molecule has 1 aliphatic rings. The number of hydrogen-bond donors (Lipinski definition) is 1. The number of anilines is 1. The first-order valence-electron chi connectivity index (χ1n) is 6.62. The molecule has 2 heterocycles. The smallest absolute Gasteiger partial charge is 0.332 e. The van der Waals surface area contributed by atoms with Crippen LogP contribution in [0.15, 0.2) is 9.59 Å². The van der Waals surface area contributed by atoms with Crippen LogP contribution in [0.3, 0.4) is 0 Å². The van der Waals surface area contributed by atoms with Gasteiger partial charge in [-0.25, -0.2) is 4.79 Å². The van der Waals surface area contributed by atoms with Gasteiger partial charge in [-0.05, 0) is 19.3 Å². The van der Waals surface area contributed by atoms with Gasteiger partial charge in [-0.3, -0.25) is 13.9 Å². The van der Waals surface area contributed by atoms with Crippen LogP contribution in [0.2, 0.25) is 0 Å². The number of nitrogens with one attached hydrogen (secondary N) is 1. The second-order valence-electron chi connectivity index (χ2n) is 4.89. The van der Waals surface area contributed by atoms with Crippen molar-refractivity contribution >= 4 is 5.82 Å². The molecule has 1 fully saturated rings. The number of hydrogen-bond acceptors (Lipinski definition) is 5. The Balaban J connectivity index is 2.20. The Kier molecular flexibility index (Phi) is 4.25. The molecule has 1 saturated heterocycles. The highest BCUT2D eigenvalue weighted by molar-refractivity contribution is 5.51. The minimum atomic E-state index is -0.574. The van der Waals surface area contributed by atoms with Gasteiger partial charge in [0.15, 0.2) is 5.56 Å². The Morgan fingerprint density at radius 1 is 1.40 bits per heavy atom. The van der Waals surface area contributed by atoms with Gasteiger partial charge in [0.2, 0.25) is 0 Å². The lowest BCUT2D eigenvalue weighted by molar-refractivity contribution is 0.107. The SMILES string of the molecule is Cn1c(NCCC2CCCO2)c(C#N)c(=O)n(C)c1=O. The number of nitrogens with zero attached hydrogens (tertiary/aromatic N) is 3. The average molecular weight is 278 g/mol. The second kappa shape index (κ2) is 5.92. The van der Waals surface area contributed by atoms with Crippen LogP contribution in [-0.2, 0) is 18.8 Å². The van der Waals surface area contributed by atoms with E-state index in [0.717, 1.165) is 30.4 Å². The van der Waals surface area contributed by atoms with Gasteiger partial charge in [-0.15, -0.1) is 0 Å². The predicted octanol–water partition coefficient (Wildman–Crippen LogP) is -0.0633. The average Bonchev–Trinajstić information content (AvgIpc) is 2.95. The summed E-state index contributed by atoms with van der Waals surface area (Å²) >= 11 is 0. The standard InChI is InChI=1S/C13H18N4O3/c1-16-11(15-6-5-9-4-3-7-20-9)10(8-14)12(18)17(2)13(16)19/h9,15H,3-7H2,1-2H3. The molecule has 0 bridgehead atoms. The molecule has 0 amide bonds. The molecule has 0 radical (unpaired) electrons. The number of rotatable bonds is 4. The van der Waals surface area contributed by atoms with E-state index in [9.17, 15) is 9.59 Å². The van der Waals surface area contributed by atoms with E-state index < -0.39 is 11.2 Å². The van der Waals surface area contributed by atoms with E-state index in [1.165, 1.54) is 18.7 Å². The molecule has 2 rings (SSSR count). The minimum absolute atomic E-state index is 0.0399. The Labute approximate surface area is 116 Å². The first-order valence-corrected chi connectivity index (χ1v) is 6.62. The molecule has 1 aliphatic heterocycles. The van der Waals surface area contributed by atoms with Gasteiger partial charge in [-0.2, -0.15) is 5.26 Å². The van der Waals surface area contributed by atoms with Gasteiger partial charge in [0.25, 0.3) is 5.56 Å². The van der Waals surface area contributed by atoms with Gasteiger partial charge in [0, 0.05) is 27.2 Å². The fourth-order valence-corrected chi connectivity index (χ4v) is 2.38. The van der Waals surface area contributed by atoms with Crippen molar-refractivity contribution < 1.29 is 4.74 Å².